The summed E-state index contributed by atoms with van der Waals surface area (Å²) in [5.74, 6) is -0.268. The molecule has 0 bridgehead atoms. The fourth-order valence-corrected chi connectivity index (χ4v) is 4.09. The summed E-state index contributed by atoms with van der Waals surface area (Å²) >= 11 is 6.47. The van der Waals surface area contributed by atoms with Crippen LogP contribution in [-0.2, 0) is 19.7 Å². The topological polar surface area (TPSA) is 73.9 Å². The van der Waals surface area contributed by atoms with Gasteiger partial charge in [0.25, 0.3) is 0 Å². The molecule has 31 heavy (non-hydrogen) atoms. The number of amides is 1. The molecule has 0 saturated carbocycles. The number of esters is 1. The zero-order valence-electron chi connectivity index (χ0n) is 18.1. The van der Waals surface area contributed by atoms with Crippen LogP contribution in [0.2, 0.25) is 5.02 Å². The van der Waals surface area contributed by atoms with Crippen LogP contribution in [0.1, 0.15) is 49.5 Å². The highest BCUT2D eigenvalue weighted by Crippen LogP contribution is 2.40. The van der Waals surface area contributed by atoms with Gasteiger partial charge in [-0.05, 0) is 63.4 Å². The molecule has 0 aliphatic carbocycles. The van der Waals surface area contributed by atoms with E-state index in [-0.39, 0.29) is 24.2 Å². The molecule has 2 aromatic carbocycles. The predicted octanol–water partition coefficient (Wildman–Crippen LogP) is 4.99. The summed E-state index contributed by atoms with van der Waals surface area (Å²) in [6.07, 6.45) is 0.920. The minimum atomic E-state index is -0.812. The Kier molecular flexibility index (Phi) is 7.57. The average Bonchev–Trinajstić information content (AvgIpc) is 2.75. The molecular formula is C24H28ClNO5. The molecule has 0 radical (unpaired) electrons. The lowest BCUT2D eigenvalue weighted by molar-refractivity contribution is -0.125. The maximum absolute atomic E-state index is 13.5. The van der Waals surface area contributed by atoms with E-state index >= 15 is 0 Å². The number of benzene rings is 2. The standard InChI is InChI=1S/C24H28ClNO5/c1-4-30-22(27)18-15-17(9-10-21(18)31-16(2)3)26-23(28)24(11-13-29-14-12-24)19-7-5-6-8-20(19)25/h5-10,15-16H,4,11-14H2,1-3H3,(H,26,28). The van der Waals surface area contributed by atoms with Crippen molar-refractivity contribution in [3.63, 3.8) is 0 Å². The van der Waals surface area contributed by atoms with E-state index in [9.17, 15) is 9.59 Å². The molecule has 3 rings (SSSR count). The number of anilines is 1. The van der Waals surface area contributed by atoms with Crippen molar-refractivity contribution in [1.82, 2.24) is 0 Å². The summed E-state index contributed by atoms with van der Waals surface area (Å²) in [7, 11) is 0. The van der Waals surface area contributed by atoms with Crippen molar-refractivity contribution in [3.05, 3.63) is 58.6 Å². The van der Waals surface area contributed by atoms with Crippen molar-refractivity contribution in [3.8, 4) is 5.75 Å². The lowest BCUT2D eigenvalue weighted by Crippen LogP contribution is -2.45. The molecule has 0 unspecified atom stereocenters. The predicted molar refractivity (Wildman–Crippen MR) is 120 cm³/mol. The Labute approximate surface area is 187 Å². The van der Waals surface area contributed by atoms with Gasteiger partial charge < -0.3 is 19.5 Å². The Morgan fingerprint density at radius 3 is 2.52 bits per heavy atom. The van der Waals surface area contributed by atoms with Gasteiger partial charge in [-0.3, -0.25) is 4.79 Å². The highest BCUT2D eigenvalue weighted by atomic mass is 35.5. The number of rotatable bonds is 7. The molecule has 1 aliphatic heterocycles. The third kappa shape index (κ3) is 5.20. The van der Waals surface area contributed by atoms with Gasteiger partial charge in [0, 0.05) is 23.9 Å². The molecule has 2 aromatic rings. The highest BCUT2D eigenvalue weighted by Gasteiger charge is 2.43. The van der Waals surface area contributed by atoms with Gasteiger partial charge in [0.1, 0.15) is 11.3 Å². The van der Waals surface area contributed by atoms with Crippen molar-refractivity contribution in [2.24, 2.45) is 0 Å². The molecule has 6 nitrogen and oxygen atoms in total. The molecule has 1 heterocycles. The Morgan fingerprint density at radius 1 is 1.16 bits per heavy atom. The van der Waals surface area contributed by atoms with Crippen LogP contribution in [0.25, 0.3) is 0 Å². The summed E-state index contributed by atoms with van der Waals surface area (Å²) in [6, 6.07) is 12.4. The van der Waals surface area contributed by atoms with E-state index < -0.39 is 11.4 Å². The number of hydrogen-bond acceptors (Lipinski definition) is 5. The quantitative estimate of drug-likeness (QED) is 0.607. The van der Waals surface area contributed by atoms with Crippen molar-refractivity contribution >= 4 is 29.2 Å². The maximum Gasteiger partial charge on any atom is 0.341 e. The van der Waals surface area contributed by atoms with Gasteiger partial charge in [0.2, 0.25) is 5.91 Å². The maximum atomic E-state index is 13.5. The van der Waals surface area contributed by atoms with Crippen LogP contribution in [0.4, 0.5) is 5.69 Å². The Morgan fingerprint density at radius 2 is 1.87 bits per heavy atom. The fraction of sp³-hybridized carbons (Fsp3) is 0.417. The molecule has 0 aromatic heterocycles. The van der Waals surface area contributed by atoms with Crippen molar-refractivity contribution in [2.75, 3.05) is 25.1 Å². The summed E-state index contributed by atoms with van der Waals surface area (Å²) in [5, 5.41) is 3.53. The molecule has 0 spiro atoms. The molecule has 1 N–H and O–H groups in total. The van der Waals surface area contributed by atoms with Gasteiger partial charge in [0.05, 0.1) is 18.1 Å². The average molecular weight is 446 g/mol. The van der Waals surface area contributed by atoms with Gasteiger partial charge in [-0.1, -0.05) is 29.8 Å². The number of nitrogens with one attached hydrogen (secondary N) is 1. The molecule has 0 atom stereocenters. The van der Waals surface area contributed by atoms with Crippen molar-refractivity contribution < 1.29 is 23.8 Å². The summed E-state index contributed by atoms with van der Waals surface area (Å²) in [5.41, 5.74) is 0.727. The number of halogens is 1. The second-order valence-corrected chi connectivity index (χ2v) is 8.13. The summed E-state index contributed by atoms with van der Waals surface area (Å²) in [4.78, 5) is 26.0. The van der Waals surface area contributed by atoms with E-state index in [1.54, 1.807) is 31.2 Å². The first-order valence-electron chi connectivity index (χ1n) is 10.5. The zero-order valence-corrected chi connectivity index (χ0v) is 18.8. The molecule has 166 valence electrons. The van der Waals surface area contributed by atoms with E-state index in [2.05, 4.69) is 5.32 Å². The number of carbonyl (C=O) groups is 2. The third-order valence-electron chi connectivity index (χ3n) is 5.27. The highest BCUT2D eigenvalue weighted by molar-refractivity contribution is 6.31. The van der Waals surface area contributed by atoms with Gasteiger partial charge in [-0.15, -0.1) is 0 Å². The Hall–Kier alpha value is -2.57. The molecule has 1 amide bonds. The second-order valence-electron chi connectivity index (χ2n) is 7.73. The van der Waals surface area contributed by atoms with E-state index in [1.807, 2.05) is 32.0 Å². The second kappa shape index (κ2) is 10.2. The van der Waals surface area contributed by atoms with Crippen LogP contribution in [0.3, 0.4) is 0 Å². The SMILES string of the molecule is CCOC(=O)c1cc(NC(=O)C2(c3ccccc3Cl)CCOCC2)ccc1OC(C)C. The monoisotopic (exact) mass is 445 g/mol. The number of carbonyl (C=O) groups excluding carboxylic acids is 2. The van der Waals surface area contributed by atoms with Crippen LogP contribution in [0.5, 0.6) is 5.75 Å². The van der Waals surface area contributed by atoms with E-state index in [0.717, 1.165) is 5.56 Å². The van der Waals surface area contributed by atoms with Crippen LogP contribution in [0.15, 0.2) is 42.5 Å². The Bertz CT molecular complexity index is 937. The molecular weight excluding hydrogens is 418 g/mol. The molecule has 7 heteroatoms. The number of hydrogen-bond donors (Lipinski definition) is 1. The smallest absolute Gasteiger partial charge is 0.341 e. The van der Waals surface area contributed by atoms with Gasteiger partial charge in [0.15, 0.2) is 0 Å². The lowest BCUT2D eigenvalue weighted by Gasteiger charge is -2.36. The largest absolute Gasteiger partial charge is 0.490 e. The molecule has 1 fully saturated rings. The first-order chi connectivity index (χ1) is 14.9. The van der Waals surface area contributed by atoms with Gasteiger partial charge in [-0.25, -0.2) is 4.79 Å². The molecule has 1 saturated heterocycles. The van der Waals surface area contributed by atoms with Crippen molar-refractivity contribution in [1.29, 1.82) is 0 Å². The van der Waals surface area contributed by atoms with Gasteiger partial charge in [-0.2, -0.15) is 0 Å². The van der Waals surface area contributed by atoms with E-state index in [4.69, 9.17) is 25.8 Å². The van der Waals surface area contributed by atoms with E-state index in [1.165, 1.54) is 0 Å². The van der Waals surface area contributed by atoms with Crippen LogP contribution < -0.4 is 10.1 Å². The fourth-order valence-electron chi connectivity index (χ4n) is 3.77. The zero-order chi connectivity index (χ0) is 22.4. The first-order valence-corrected chi connectivity index (χ1v) is 10.9. The van der Waals surface area contributed by atoms with Crippen LogP contribution in [0, 0.1) is 0 Å². The van der Waals surface area contributed by atoms with Crippen molar-refractivity contribution in [2.45, 2.75) is 45.1 Å². The summed E-state index contributed by atoms with van der Waals surface area (Å²) in [6.45, 7) is 6.67. The molecule has 1 aliphatic rings. The number of ether oxygens (including phenoxy) is 3. The minimum Gasteiger partial charge on any atom is -0.490 e. The van der Waals surface area contributed by atoms with Crippen LogP contribution >= 0.6 is 11.6 Å². The van der Waals surface area contributed by atoms with Gasteiger partial charge >= 0.3 is 5.97 Å². The lowest BCUT2D eigenvalue weighted by atomic mass is 9.73. The summed E-state index contributed by atoms with van der Waals surface area (Å²) < 4.78 is 16.4. The first kappa shape index (κ1) is 23.1. The Balaban J connectivity index is 1.94. The van der Waals surface area contributed by atoms with E-state index in [0.29, 0.717) is 42.5 Å². The minimum absolute atomic E-state index is 0.112. The van der Waals surface area contributed by atoms with Crippen LogP contribution in [-0.4, -0.2) is 37.8 Å². The third-order valence-corrected chi connectivity index (χ3v) is 5.60. The normalized spacial score (nSPS) is 15.4.